The normalized spacial score (nSPS) is 12.7. The van der Waals surface area contributed by atoms with Crippen LogP contribution in [0.25, 0.3) is 83.9 Å². The van der Waals surface area contributed by atoms with Gasteiger partial charge < -0.3 is 5.11 Å². The predicted molar refractivity (Wildman–Crippen MR) is 305 cm³/mol. The molecule has 0 saturated heterocycles. The number of nitrogens with zero attached hydrogens (tertiary/aromatic N) is 3. The van der Waals surface area contributed by atoms with Crippen molar-refractivity contribution in [1.29, 1.82) is 0 Å². The van der Waals surface area contributed by atoms with Crippen molar-refractivity contribution in [1.82, 2.24) is 14.5 Å². The molecule has 0 aliphatic heterocycles. The Hall–Kier alpha value is -6.35. The number of rotatable bonds is 7. The number of aromatic nitrogens is 3. The Bertz CT molecular complexity index is 3530. The topological polar surface area (TPSA) is 50.9 Å². The van der Waals surface area contributed by atoms with Crippen LogP contribution in [0, 0.1) is 6.07 Å². The molecule has 0 aliphatic carbocycles. The fourth-order valence-corrected chi connectivity index (χ4v) is 9.81. The summed E-state index contributed by atoms with van der Waals surface area (Å²) >= 11 is 0. The standard InChI is InChI=1S/C68H72N3O.Pt/c1-64(2,3)49-32-33-59(54(40-49)44-22-17-16-18-23-44)71-60-27-21-25-53(61(60)70-63(71)55-41-51(66(7,8)9)42-57(62(55)72)68(13,14)15)47-36-48(38-50(37-47)65(4,5)6)58-39-46(34-35-69-58)43-28-30-45(31-29-43)52-24-19-20-26-56(52)67(10,11)12;/h16-35,37-42,72H,1-15H3;/q-1;/i35D;. The monoisotopic (exact) mass is 1140 g/mol. The fraction of sp³-hybridized carbons (Fsp3) is 0.294. The van der Waals surface area contributed by atoms with Gasteiger partial charge in [-0.25, -0.2) is 4.98 Å². The van der Waals surface area contributed by atoms with Gasteiger partial charge in [0.1, 0.15) is 11.6 Å². The van der Waals surface area contributed by atoms with Gasteiger partial charge in [0.2, 0.25) is 0 Å². The second-order valence-electron chi connectivity index (χ2n) is 24.9. The number of phenols is 1. The zero-order valence-electron chi connectivity index (χ0n) is 46.5. The van der Waals surface area contributed by atoms with Crippen molar-refractivity contribution in [2.24, 2.45) is 0 Å². The predicted octanol–water partition coefficient (Wildman–Crippen LogP) is 18.4. The molecule has 73 heavy (non-hydrogen) atoms. The third kappa shape index (κ3) is 10.7. The Balaban J connectivity index is 0.00000729. The number of hydrogen-bond donors (Lipinski definition) is 1. The van der Waals surface area contributed by atoms with Gasteiger partial charge in [0.15, 0.2) is 0 Å². The molecule has 9 aromatic rings. The SMILES string of the molecule is [2H]c1cc(-c2ccc(-c3ccccc3C(C)(C)C)cc2)cc(-c2[c-]c(-c3cccc4c3nc(-c3cc(C(C)(C)C)cc(C(C)(C)C)c3O)n4-c3ccc(C(C)(C)C)cc3-c3ccccc3)cc(C(C)(C)C)c2)n1.[Pt]. The van der Waals surface area contributed by atoms with Gasteiger partial charge >= 0.3 is 0 Å². The molecule has 376 valence electrons. The van der Waals surface area contributed by atoms with E-state index in [4.69, 9.17) is 11.3 Å². The van der Waals surface area contributed by atoms with Crippen LogP contribution in [0.3, 0.4) is 0 Å². The van der Waals surface area contributed by atoms with Crippen LogP contribution < -0.4 is 0 Å². The maximum atomic E-state index is 12.6. The molecule has 5 heteroatoms. The summed E-state index contributed by atoms with van der Waals surface area (Å²) in [4.78, 5) is 10.6. The van der Waals surface area contributed by atoms with Crippen molar-refractivity contribution in [3.63, 3.8) is 0 Å². The van der Waals surface area contributed by atoms with E-state index in [0.29, 0.717) is 17.1 Å². The van der Waals surface area contributed by atoms with Crippen molar-refractivity contribution in [3.05, 3.63) is 192 Å². The molecule has 2 heterocycles. The largest absolute Gasteiger partial charge is 0.507 e. The zero-order valence-corrected chi connectivity index (χ0v) is 47.8. The molecule has 0 bridgehead atoms. The van der Waals surface area contributed by atoms with Gasteiger partial charge in [-0.2, -0.15) is 0 Å². The number of fused-ring (bicyclic) bond motifs is 1. The second-order valence-corrected chi connectivity index (χ2v) is 24.9. The van der Waals surface area contributed by atoms with Crippen molar-refractivity contribution in [2.45, 2.75) is 131 Å². The van der Waals surface area contributed by atoms with E-state index in [0.717, 1.165) is 77.9 Å². The number of benzene rings is 7. The molecule has 0 aliphatic rings. The Morgan fingerprint density at radius 3 is 1.66 bits per heavy atom. The summed E-state index contributed by atoms with van der Waals surface area (Å²) in [6, 6.07) is 57.6. The van der Waals surface area contributed by atoms with Gasteiger partial charge in [-0.05, 0) is 102 Å². The van der Waals surface area contributed by atoms with Gasteiger partial charge in [-0.3, -0.25) is 9.55 Å². The molecule has 2 aromatic heterocycles. The Morgan fingerprint density at radius 1 is 0.452 bits per heavy atom. The van der Waals surface area contributed by atoms with Crippen molar-refractivity contribution in [3.8, 4) is 78.6 Å². The minimum atomic E-state index is -0.351. The Morgan fingerprint density at radius 2 is 1.01 bits per heavy atom. The van der Waals surface area contributed by atoms with Crippen LogP contribution >= 0.6 is 0 Å². The summed E-state index contributed by atoms with van der Waals surface area (Å²) in [5.74, 6) is 0.891. The Kier molecular flexibility index (Phi) is 13.8. The van der Waals surface area contributed by atoms with E-state index in [1.807, 2.05) is 6.07 Å². The van der Waals surface area contributed by atoms with Gasteiger partial charge in [0.05, 0.1) is 23.7 Å². The first-order valence-corrected chi connectivity index (χ1v) is 25.5. The molecule has 4 nitrogen and oxygen atoms in total. The average Bonchev–Trinajstić information content (AvgIpc) is 3.72. The van der Waals surface area contributed by atoms with Crippen LogP contribution in [0.1, 0.15) is 133 Å². The van der Waals surface area contributed by atoms with Crippen LogP contribution in [-0.4, -0.2) is 19.6 Å². The van der Waals surface area contributed by atoms with E-state index >= 15 is 0 Å². The van der Waals surface area contributed by atoms with Gasteiger partial charge in [0, 0.05) is 44.1 Å². The number of hydrogen-bond acceptors (Lipinski definition) is 3. The summed E-state index contributed by atoms with van der Waals surface area (Å²) in [7, 11) is 0. The van der Waals surface area contributed by atoms with Gasteiger partial charge in [0.25, 0.3) is 0 Å². The Labute approximate surface area is 451 Å². The summed E-state index contributed by atoms with van der Waals surface area (Å²) in [5.41, 5.74) is 17.9. The van der Waals surface area contributed by atoms with E-state index in [-0.39, 0.29) is 60.1 Å². The van der Waals surface area contributed by atoms with E-state index in [9.17, 15) is 5.11 Å². The van der Waals surface area contributed by atoms with Crippen molar-refractivity contribution in [2.75, 3.05) is 0 Å². The first kappa shape index (κ1) is 51.5. The molecule has 0 fully saturated rings. The maximum absolute atomic E-state index is 12.6. The molecular formula is C68H72N3OPt-. The molecular weight excluding hydrogens is 1070 g/mol. The van der Waals surface area contributed by atoms with Crippen LogP contribution in [0.5, 0.6) is 5.75 Å². The summed E-state index contributed by atoms with van der Waals surface area (Å²) in [5, 5.41) is 12.6. The molecule has 0 saturated carbocycles. The molecule has 0 atom stereocenters. The number of aromatic hydroxyl groups is 1. The summed E-state index contributed by atoms with van der Waals surface area (Å²) in [6.45, 7) is 33.4. The molecule has 0 amide bonds. The van der Waals surface area contributed by atoms with E-state index in [2.05, 4.69) is 260 Å². The first-order chi connectivity index (χ1) is 34.2. The van der Waals surface area contributed by atoms with Crippen LogP contribution in [-0.2, 0) is 48.1 Å². The molecule has 0 radical (unpaired) electrons. The fourth-order valence-electron chi connectivity index (χ4n) is 9.81. The van der Waals surface area contributed by atoms with Gasteiger partial charge in [-0.15, -0.1) is 29.3 Å². The zero-order chi connectivity index (χ0) is 52.6. The third-order valence-electron chi connectivity index (χ3n) is 14.2. The number of imidazole rings is 1. The van der Waals surface area contributed by atoms with Crippen LogP contribution in [0.4, 0.5) is 0 Å². The van der Waals surface area contributed by atoms with E-state index in [1.165, 1.54) is 16.7 Å². The molecule has 9 rings (SSSR count). The third-order valence-corrected chi connectivity index (χ3v) is 14.2. The number of para-hydroxylation sites is 1. The molecule has 0 spiro atoms. The minimum absolute atomic E-state index is 0. The molecule has 7 aromatic carbocycles. The van der Waals surface area contributed by atoms with E-state index < -0.39 is 0 Å². The average molecular weight is 1140 g/mol. The quantitative estimate of drug-likeness (QED) is 0.162. The maximum Gasteiger partial charge on any atom is 0.148 e. The van der Waals surface area contributed by atoms with Crippen molar-refractivity contribution < 1.29 is 27.5 Å². The summed E-state index contributed by atoms with van der Waals surface area (Å²) < 4.78 is 11.3. The van der Waals surface area contributed by atoms with Crippen LogP contribution in [0.15, 0.2) is 158 Å². The second kappa shape index (κ2) is 19.5. The van der Waals surface area contributed by atoms with E-state index in [1.54, 1.807) is 0 Å². The van der Waals surface area contributed by atoms with Gasteiger partial charge in [-0.1, -0.05) is 224 Å². The smallest absolute Gasteiger partial charge is 0.148 e. The summed E-state index contributed by atoms with van der Waals surface area (Å²) in [6.07, 6.45) is 0.190. The number of pyridine rings is 1. The molecule has 1 N–H and O–H groups in total. The first-order valence-electron chi connectivity index (χ1n) is 26.0. The minimum Gasteiger partial charge on any atom is -0.507 e. The van der Waals surface area contributed by atoms with Crippen LogP contribution in [0.2, 0.25) is 0 Å². The number of phenolic OH excluding ortho intramolecular Hbond substituents is 1. The molecule has 0 unspecified atom stereocenters. The van der Waals surface area contributed by atoms with Crippen molar-refractivity contribution >= 4 is 11.0 Å².